The van der Waals surface area contributed by atoms with E-state index in [1.807, 2.05) is 17.6 Å². The minimum atomic E-state index is -0.710. The van der Waals surface area contributed by atoms with Crippen LogP contribution in [0, 0.1) is 12.7 Å². The van der Waals surface area contributed by atoms with Crippen LogP contribution in [0.4, 0.5) is 4.39 Å². The predicted molar refractivity (Wildman–Crippen MR) is 95.7 cm³/mol. The molecule has 1 aliphatic rings. The number of nitrogens with zero attached hydrogens (tertiary/aromatic N) is 2. The first-order valence-electron chi connectivity index (χ1n) is 8.38. The van der Waals surface area contributed by atoms with Gasteiger partial charge in [-0.15, -0.1) is 0 Å². The lowest BCUT2D eigenvalue weighted by molar-refractivity contribution is 0.0598. The van der Waals surface area contributed by atoms with E-state index in [1.165, 1.54) is 19.4 Å². The molecule has 0 bridgehead atoms. The summed E-state index contributed by atoms with van der Waals surface area (Å²) in [5, 5.41) is 0.182. The van der Waals surface area contributed by atoms with Gasteiger partial charge < -0.3 is 9.30 Å². The Morgan fingerprint density at radius 1 is 1.27 bits per heavy atom. The van der Waals surface area contributed by atoms with Gasteiger partial charge in [-0.25, -0.2) is 9.18 Å². The van der Waals surface area contributed by atoms with Crippen LogP contribution in [0.25, 0.3) is 22.0 Å². The van der Waals surface area contributed by atoms with E-state index in [2.05, 4.69) is 4.98 Å². The highest BCUT2D eigenvalue weighted by molar-refractivity contribution is 5.95. The topological polar surface area (TPSA) is 61.2 Å². The first-order chi connectivity index (χ1) is 12.5. The van der Waals surface area contributed by atoms with Gasteiger partial charge in [0.1, 0.15) is 11.4 Å². The Labute approximate surface area is 149 Å². The number of ether oxygens (including phenoxy) is 1. The Morgan fingerprint density at radius 3 is 2.69 bits per heavy atom. The van der Waals surface area contributed by atoms with Gasteiger partial charge in [0, 0.05) is 41.1 Å². The predicted octanol–water partition coefficient (Wildman–Crippen LogP) is 3.63. The molecule has 3 aromatic rings. The fourth-order valence-corrected chi connectivity index (χ4v) is 3.20. The second kappa shape index (κ2) is 6.05. The zero-order valence-corrected chi connectivity index (χ0v) is 14.5. The molecule has 1 aliphatic carbocycles. The summed E-state index contributed by atoms with van der Waals surface area (Å²) in [5.41, 5.74) is 1.98. The van der Waals surface area contributed by atoms with E-state index < -0.39 is 17.2 Å². The molecule has 2 aromatic heterocycles. The zero-order valence-electron chi connectivity index (χ0n) is 14.5. The number of hydrogen-bond acceptors (Lipinski definition) is 4. The highest BCUT2D eigenvalue weighted by atomic mass is 19.1. The fraction of sp³-hybridized carbons (Fsp3) is 0.250. The van der Waals surface area contributed by atoms with Crippen LogP contribution in [0.15, 0.2) is 41.6 Å². The van der Waals surface area contributed by atoms with Crippen LogP contribution in [0.2, 0.25) is 0 Å². The van der Waals surface area contributed by atoms with E-state index in [0.29, 0.717) is 16.6 Å². The molecule has 0 spiro atoms. The summed E-state index contributed by atoms with van der Waals surface area (Å²) in [6.45, 7) is 1.89. The first-order valence-corrected chi connectivity index (χ1v) is 8.38. The summed E-state index contributed by atoms with van der Waals surface area (Å²) in [6, 6.07) is 4.93. The maximum atomic E-state index is 14.8. The van der Waals surface area contributed by atoms with Crippen LogP contribution in [-0.2, 0) is 4.74 Å². The van der Waals surface area contributed by atoms with Crippen molar-refractivity contribution in [2.24, 2.45) is 0 Å². The quantitative estimate of drug-likeness (QED) is 0.675. The van der Waals surface area contributed by atoms with Crippen molar-refractivity contribution in [3.05, 3.63) is 64.0 Å². The van der Waals surface area contributed by atoms with Crippen molar-refractivity contribution < 1.29 is 13.9 Å². The van der Waals surface area contributed by atoms with Crippen molar-refractivity contribution in [3.63, 3.8) is 0 Å². The van der Waals surface area contributed by atoms with Crippen LogP contribution in [0.1, 0.15) is 34.8 Å². The summed E-state index contributed by atoms with van der Waals surface area (Å²) in [7, 11) is 1.22. The summed E-state index contributed by atoms with van der Waals surface area (Å²) >= 11 is 0. The van der Waals surface area contributed by atoms with Gasteiger partial charge in [-0.2, -0.15) is 0 Å². The third-order valence-corrected chi connectivity index (χ3v) is 4.65. The second-order valence-electron chi connectivity index (χ2n) is 6.60. The Morgan fingerprint density at radius 2 is 2.04 bits per heavy atom. The zero-order chi connectivity index (χ0) is 18.4. The number of hydrogen-bond donors (Lipinski definition) is 0. The second-order valence-corrected chi connectivity index (χ2v) is 6.60. The molecule has 132 valence electrons. The van der Waals surface area contributed by atoms with E-state index in [9.17, 15) is 14.0 Å². The summed E-state index contributed by atoms with van der Waals surface area (Å²) < 4.78 is 21.4. The van der Waals surface area contributed by atoms with Gasteiger partial charge >= 0.3 is 5.97 Å². The summed E-state index contributed by atoms with van der Waals surface area (Å²) in [6.07, 6.45) is 6.74. The molecule has 0 atom stereocenters. The number of carbonyl (C=O) groups excluding carboxylic acids is 1. The standard InChI is InChI=1S/C20H17FN2O3/c1-11-5-12(9-22-8-11)14-7-18-15(6-17(14)21)19(24)16(20(25)26-2)10-23(18)13-3-4-13/h5-10,13H,3-4H2,1-2H3. The maximum absolute atomic E-state index is 14.8. The number of methoxy groups -OCH3 is 1. The molecule has 0 saturated heterocycles. The average molecular weight is 352 g/mol. The summed E-state index contributed by atoms with van der Waals surface area (Å²) in [4.78, 5) is 28.8. The van der Waals surface area contributed by atoms with E-state index in [1.54, 1.807) is 18.5 Å². The molecular weight excluding hydrogens is 335 g/mol. The molecule has 26 heavy (non-hydrogen) atoms. The molecule has 0 aliphatic heterocycles. The first kappa shape index (κ1) is 16.4. The van der Waals surface area contributed by atoms with Crippen molar-refractivity contribution in [2.75, 3.05) is 7.11 Å². The highest BCUT2D eigenvalue weighted by Crippen LogP contribution is 2.38. The van der Waals surface area contributed by atoms with Crippen molar-refractivity contribution in [3.8, 4) is 11.1 Å². The molecule has 0 N–H and O–H groups in total. The molecule has 4 rings (SSSR count). The van der Waals surface area contributed by atoms with Gasteiger partial charge in [0.2, 0.25) is 5.43 Å². The van der Waals surface area contributed by atoms with Crippen molar-refractivity contribution in [1.82, 2.24) is 9.55 Å². The SMILES string of the molecule is COC(=O)c1cn(C2CC2)c2cc(-c3cncc(C)c3)c(F)cc2c1=O. The Kier molecular flexibility index (Phi) is 3.83. The van der Waals surface area contributed by atoms with Crippen LogP contribution in [0.5, 0.6) is 0 Å². The Hall–Kier alpha value is -3.02. The number of carbonyl (C=O) groups is 1. The lowest BCUT2D eigenvalue weighted by atomic mass is 10.0. The van der Waals surface area contributed by atoms with Gasteiger partial charge in [0.05, 0.1) is 12.6 Å². The van der Waals surface area contributed by atoms with Gasteiger partial charge in [0.25, 0.3) is 0 Å². The molecule has 0 radical (unpaired) electrons. The van der Waals surface area contributed by atoms with Crippen LogP contribution in [0.3, 0.4) is 0 Å². The van der Waals surface area contributed by atoms with Gasteiger partial charge in [0.15, 0.2) is 0 Å². The lowest BCUT2D eigenvalue weighted by Crippen LogP contribution is -2.20. The number of pyridine rings is 2. The van der Waals surface area contributed by atoms with Gasteiger partial charge in [-0.3, -0.25) is 9.78 Å². The maximum Gasteiger partial charge on any atom is 0.343 e. The molecule has 1 aromatic carbocycles. The Balaban J connectivity index is 2.03. The van der Waals surface area contributed by atoms with E-state index in [0.717, 1.165) is 18.4 Å². The van der Waals surface area contributed by atoms with Crippen molar-refractivity contribution >= 4 is 16.9 Å². The smallest absolute Gasteiger partial charge is 0.343 e. The fourth-order valence-electron chi connectivity index (χ4n) is 3.20. The molecule has 6 heteroatoms. The molecule has 2 heterocycles. The number of benzene rings is 1. The average Bonchev–Trinajstić information content (AvgIpc) is 3.46. The molecular formula is C20H17FN2O3. The third-order valence-electron chi connectivity index (χ3n) is 4.65. The van der Waals surface area contributed by atoms with E-state index in [-0.39, 0.29) is 17.0 Å². The highest BCUT2D eigenvalue weighted by Gasteiger charge is 2.27. The molecule has 0 unspecified atom stereocenters. The van der Waals surface area contributed by atoms with E-state index in [4.69, 9.17) is 4.74 Å². The normalized spacial score (nSPS) is 13.8. The van der Waals surface area contributed by atoms with Crippen molar-refractivity contribution in [1.29, 1.82) is 0 Å². The molecule has 1 saturated carbocycles. The lowest BCUT2D eigenvalue weighted by Gasteiger charge is -2.14. The minimum Gasteiger partial charge on any atom is -0.465 e. The van der Waals surface area contributed by atoms with Crippen LogP contribution < -0.4 is 5.43 Å². The molecule has 1 fully saturated rings. The van der Waals surface area contributed by atoms with Crippen LogP contribution in [-0.4, -0.2) is 22.6 Å². The summed E-state index contributed by atoms with van der Waals surface area (Å²) in [5.74, 6) is -1.23. The van der Waals surface area contributed by atoms with E-state index >= 15 is 0 Å². The van der Waals surface area contributed by atoms with Crippen LogP contribution >= 0.6 is 0 Å². The molecule has 0 amide bonds. The number of esters is 1. The monoisotopic (exact) mass is 352 g/mol. The number of rotatable bonds is 3. The molecule has 5 nitrogen and oxygen atoms in total. The van der Waals surface area contributed by atoms with Gasteiger partial charge in [-0.1, -0.05) is 0 Å². The largest absolute Gasteiger partial charge is 0.465 e. The Bertz CT molecular complexity index is 1100. The minimum absolute atomic E-state index is 0.0729. The number of aryl methyl sites for hydroxylation is 1. The van der Waals surface area contributed by atoms with Crippen molar-refractivity contribution in [2.45, 2.75) is 25.8 Å². The van der Waals surface area contributed by atoms with Gasteiger partial charge in [-0.05, 0) is 43.5 Å². The third kappa shape index (κ3) is 2.67. The number of aromatic nitrogens is 2. The number of fused-ring (bicyclic) bond motifs is 1. The number of halogens is 1.